The van der Waals surface area contributed by atoms with E-state index in [0.717, 1.165) is 15.8 Å². The Labute approximate surface area is 154 Å². The average molecular weight is 408 g/mol. The largest absolute Gasteiger partial charge is 0.496 e. The molecular formula is C18H18BrNO3S. The zero-order chi connectivity index (χ0) is 17.5. The van der Waals surface area contributed by atoms with E-state index in [2.05, 4.69) is 21.2 Å². The van der Waals surface area contributed by atoms with E-state index in [1.54, 1.807) is 31.4 Å². The molecule has 126 valence electrons. The minimum Gasteiger partial charge on any atom is -0.496 e. The first kappa shape index (κ1) is 18.5. The van der Waals surface area contributed by atoms with Crippen LogP contribution in [0.3, 0.4) is 0 Å². The van der Waals surface area contributed by atoms with Crippen LogP contribution in [0.5, 0.6) is 5.75 Å². The summed E-state index contributed by atoms with van der Waals surface area (Å²) in [5.41, 5.74) is 2.18. The van der Waals surface area contributed by atoms with E-state index in [1.807, 2.05) is 18.2 Å². The third kappa shape index (κ3) is 5.11. The van der Waals surface area contributed by atoms with Gasteiger partial charge in [0.05, 0.1) is 23.0 Å². The Morgan fingerprint density at radius 1 is 1.21 bits per heavy atom. The smallest absolute Gasteiger partial charge is 0.234 e. The molecule has 0 aliphatic carbocycles. The number of anilines is 1. The van der Waals surface area contributed by atoms with E-state index < -0.39 is 0 Å². The zero-order valence-electron chi connectivity index (χ0n) is 13.5. The second kappa shape index (κ2) is 8.89. The molecule has 4 nitrogen and oxygen atoms in total. The second-order valence-corrected chi connectivity index (χ2v) is 6.95. The summed E-state index contributed by atoms with van der Waals surface area (Å²) in [6.07, 6.45) is 0. The first-order valence-corrected chi connectivity index (χ1v) is 9.26. The van der Waals surface area contributed by atoms with Gasteiger partial charge in [0.1, 0.15) is 5.75 Å². The van der Waals surface area contributed by atoms with Crippen LogP contribution < -0.4 is 10.1 Å². The molecule has 2 rings (SSSR count). The fourth-order valence-electron chi connectivity index (χ4n) is 2.15. The minimum absolute atomic E-state index is 0.0679. The van der Waals surface area contributed by atoms with Gasteiger partial charge in [0.15, 0.2) is 5.78 Å². The van der Waals surface area contributed by atoms with Gasteiger partial charge in [-0.2, -0.15) is 0 Å². The van der Waals surface area contributed by atoms with Gasteiger partial charge in [-0.05, 0) is 52.7 Å². The number of ketones is 1. The minimum atomic E-state index is -0.124. The van der Waals surface area contributed by atoms with Crippen molar-refractivity contribution in [2.45, 2.75) is 12.7 Å². The highest BCUT2D eigenvalue weighted by Crippen LogP contribution is 2.27. The summed E-state index contributed by atoms with van der Waals surface area (Å²) in [4.78, 5) is 23.6. The topological polar surface area (TPSA) is 55.4 Å². The van der Waals surface area contributed by atoms with E-state index in [9.17, 15) is 9.59 Å². The molecule has 0 heterocycles. The monoisotopic (exact) mass is 407 g/mol. The molecule has 0 unspecified atom stereocenters. The number of hydrogen-bond donors (Lipinski definition) is 1. The standard InChI is InChI=1S/C18H18BrNO3S/c1-12(21)14-5-3-4-6-16(14)20-18(22)11-24-10-13-7-8-17(23-2)15(19)9-13/h3-9H,10-11H2,1-2H3,(H,20,22). The quantitative estimate of drug-likeness (QED) is 0.684. The molecule has 0 fully saturated rings. The maximum Gasteiger partial charge on any atom is 0.234 e. The number of ether oxygens (including phenoxy) is 1. The third-order valence-corrected chi connectivity index (χ3v) is 4.92. The Hall–Kier alpha value is -1.79. The number of para-hydroxylation sites is 1. The molecule has 1 N–H and O–H groups in total. The van der Waals surface area contributed by atoms with Gasteiger partial charge in [-0.1, -0.05) is 18.2 Å². The van der Waals surface area contributed by atoms with Gasteiger partial charge in [-0.15, -0.1) is 11.8 Å². The number of Topliss-reactive ketones (excluding diaryl/α,β-unsaturated/α-hetero) is 1. The van der Waals surface area contributed by atoms with E-state index >= 15 is 0 Å². The molecule has 1 amide bonds. The Morgan fingerprint density at radius 3 is 2.62 bits per heavy atom. The molecule has 0 saturated heterocycles. The van der Waals surface area contributed by atoms with Gasteiger partial charge in [0, 0.05) is 11.3 Å². The molecule has 0 saturated carbocycles. The number of halogens is 1. The zero-order valence-corrected chi connectivity index (χ0v) is 15.9. The summed E-state index contributed by atoms with van der Waals surface area (Å²) in [5.74, 6) is 1.62. The molecule has 2 aromatic carbocycles. The third-order valence-electron chi connectivity index (χ3n) is 3.30. The summed E-state index contributed by atoms with van der Waals surface area (Å²) in [6.45, 7) is 1.49. The van der Waals surface area contributed by atoms with Crippen molar-refractivity contribution in [2.24, 2.45) is 0 Å². The highest BCUT2D eigenvalue weighted by Gasteiger charge is 2.10. The number of methoxy groups -OCH3 is 1. The number of amides is 1. The number of nitrogens with one attached hydrogen (secondary N) is 1. The molecule has 0 aliphatic heterocycles. The van der Waals surface area contributed by atoms with Crippen molar-refractivity contribution in [2.75, 3.05) is 18.2 Å². The van der Waals surface area contributed by atoms with Crippen LogP contribution in [0, 0.1) is 0 Å². The van der Waals surface area contributed by atoms with Crippen molar-refractivity contribution in [1.29, 1.82) is 0 Å². The number of carbonyl (C=O) groups is 2. The summed E-state index contributed by atoms with van der Waals surface area (Å²) < 4.78 is 6.09. The van der Waals surface area contributed by atoms with E-state index in [1.165, 1.54) is 18.7 Å². The highest BCUT2D eigenvalue weighted by atomic mass is 79.9. The van der Waals surface area contributed by atoms with Crippen LogP contribution >= 0.6 is 27.7 Å². The summed E-state index contributed by atoms with van der Waals surface area (Å²) in [6, 6.07) is 12.9. The predicted octanol–water partition coefficient (Wildman–Crippen LogP) is 4.53. The Morgan fingerprint density at radius 2 is 1.96 bits per heavy atom. The fraction of sp³-hybridized carbons (Fsp3) is 0.222. The Kier molecular flexibility index (Phi) is 6.87. The summed E-state index contributed by atoms with van der Waals surface area (Å²) in [5, 5.41) is 2.80. The molecule has 0 bridgehead atoms. The predicted molar refractivity (Wildman–Crippen MR) is 102 cm³/mol. The molecule has 0 atom stereocenters. The van der Waals surface area contributed by atoms with Crippen molar-refractivity contribution >= 4 is 45.1 Å². The molecule has 0 radical (unpaired) electrons. The van der Waals surface area contributed by atoms with Crippen molar-refractivity contribution in [1.82, 2.24) is 0 Å². The van der Waals surface area contributed by atoms with Crippen molar-refractivity contribution in [3.8, 4) is 5.75 Å². The summed E-state index contributed by atoms with van der Waals surface area (Å²) in [7, 11) is 1.62. The molecule has 0 aliphatic rings. The number of benzene rings is 2. The maximum atomic E-state index is 12.1. The lowest BCUT2D eigenvalue weighted by Gasteiger charge is -2.09. The Balaban J connectivity index is 1.88. The van der Waals surface area contributed by atoms with E-state index in [4.69, 9.17) is 4.74 Å². The molecule has 2 aromatic rings. The maximum absolute atomic E-state index is 12.1. The van der Waals surface area contributed by atoms with E-state index in [-0.39, 0.29) is 11.7 Å². The lowest BCUT2D eigenvalue weighted by molar-refractivity contribution is -0.113. The van der Waals surface area contributed by atoms with Crippen LogP contribution in [0.15, 0.2) is 46.9 Å². The van der Waals surface area contributed by atoms with Crippen LogP contribution in [0.4, 0.5) is 5.69 Å². The van der Waals surface area contributed by atoms with Gasteiger partial charge in [0.2, 0.25) is 5.91 Å². The number of thioether (sulfide) groups is 1. The van der Waals surface area contributed by atoms with Gasteiger partial charge in [0.25, 0.3) is 0 Å². The van der Waals surface area contributed by atoms with Crippen molar-refractivity contribution in [3.05, 3.63) is 58.1 Å². The number of hydrogen-bond acceptors (Lipinski definition) is 4. The molecule has 0 aromatic heterocycles. The molecule has 6 heteroatoms. The van der Waals surface area contributed by atoms with Crippen LogP contribution in [-0.4, -0.2) is 24.6 Å². The molecule has 0 spiro atoms. The van der Waals surface area contributed by atoms with Gasteiger partial charge in [-0.25, -0.2) is 0 Å². The SMILES string of the molecule is COc1ccc(CSCC(=O)Nc2ccccc2C(C)=O)cc1Br. The fourth-order valence-corrected chi connectivity index (χ4v) is 3.51. The van der Waals surface area contributed by atoms with Gasteiger partial charge < -0.3 is 10.1 Å². The van der Waals surface area contributed by atoms with Crippen molar-refractivity contribution in [3.63, 3.8) is 0 Å². The van der Waals surface area contributed by atoms with Crippen molar-refractivity contribution < 1.29 is 14.3 Å². The first-order chi connectivity index (χ1) is 11.5. The number of rotatable bonds is 7. The van der Waals surface area contributed by atoms with Crippen LogP contribution in [0.2, 0.25) is 0 Å². The second-order valence-electron chi connectivity index (χ2n) is 5.11. The van der Waals surface area contributed by atoms with Crippen LogP contribution in [0.25, 0.3) is 0 Å². The number of carbonyl (C=O) groups excluding carboxylic acids is 2. The lowest BCUT2D eigenvalue weighted by Crippen LogP contribution is -2.16. The summed E-state index contributed by atoms with van der Waals surface area (Å²) >= 11 is 4.96. The molecular weight excluding hydrogens is 390 g/mol. The van der Waals surface area contributed by atoms with E-state index in [0.29, 0.717) is 22.8 Å². The average Bonchev–Trinajstić information content (AvgIpc) is 2.55. The normalized spacial score (nSPS) is 10.3. The van der Waals surface area contributed by atoms with Crippen LogP contribution in [0.1, 0.15) is 22.8 Å². The van der Waals surface area contributed by atoms with Gasteiger partial charge in [-0.3, -0.25) is 9.59 Å². The lowest BCUT2D eigenvalue weighted by atomic mass is 10.1. The van der Waals surface area contributed by atoms with Gasteiger partial charge >= 0.3 is 0 Å². The molecule has 24 heavy (non-hydrogen) atoms. The van der Waals surface area contributed by atoms with Crippen LogP contribution in [-0.2, 0) is 10.5 Å². The Bertz CT molecular complexity index is 749. The highest BCUT2D eigenvalue weighted by molar-refractivity contribution is 9.10. The first-order valence-electron chi connectivity index (χ1n) is 7.31.